The molecule has 7 heteroatoms. The van der Waals surface area contributed by atoms with Crippen LogP contribution >= 0.6 is 11.5 Å². The van der Waals surface area contributed by atoms with Crippen molar-refractivity contribution in [3.05, 3.63) is 64.7 Å². The number of aromatic nitrogens is 1. The maximum atomic E-state index is 12.0. The molecule has 0 aliphatic heterocycles. The average molecular weight is 426 g/mol. The molecule has 0 unspecified atom stereocenters. The van der Waals surface area contributed by atoms with E-state index < -0.39 is 18.1 Å². The molecule has 0 aliphatic rings. The molecule has 0 aliphatic carbocycles. The Balaban J connectivity index is 1.51. The van der Waals surface area contributed by atoms with Crippen molar-refractivity contribution < 1.29 is 14.6 Å². The van der Waals surface area contributed by atoms with Gasteiger partial charge in [0.05, 0.1) is 18.9 Å². The van der Waals surface area contributed by atoms with Gasteiger partial charge in [-0.3, -0.25) is 4.79 Å². The molecule has 1 amide bonds. The molecule has 2 aromatic carbocycles. The van der Waals surface area contributed by atoms with Crippen LogP contribution in [0.4, 0.5) is 5.69 Å². The first kappa shape index (κ1) is 22.0. The maximum absolute atomic E-state index is 12.0. The third-order valence-corrected chi connectivity index (χ3v) is 5.74. The molecule has 0 spiro atoms. The third-order valence-electron chi connectivity index (χ3n) is 4.89. The van der Waals surface area contributed by atoms with Gasteiger partial charge in [0.1, 0.15) is 11.3 Å². The van der Waals surface area contributed by atoms with Crippen LogP contribution in [-0.2, 0) is 11.2 Å². The molecular weight excluding hydrogens is 398 g/mol. The highest BCUT2D eigenvalue weighted by Crippen LogP contribution is 2.29. The summed E-state index contributed by atoms with van der Waals surface area (Å²) < 4.78 is 10.2. The van der Waals surface area contributed by atoms with E-state index in [4.69, 9.17) is 15.6 Å². The molecule has 1 heterocycles. The Labute approximate surface area is 180 Å². The molecule has 3 aromatic rings. The van der Waals surface area contributed by atoms with Crippen LogP contribution in [0.15, 0.2) is 48.5 Å². The maximum Gasteiger partial charge on any atom is 0.246 e. The highest BCUT2D eigenvalue weighted by atomic mass is 32.1. The minimum Gasteiger partial charge on any atom is -0.493 e. The first-order valence-corrected chi connectivity index (χ1v) is 10.5. The molecule has 0 radical (unpaired) electrons. The van der Waals surface area contributed by atoms with Crippen LogP contribution in [0.1, 0.15) is 23.1 Å². The fourth-order valence-corrected chi connectivity index (χ4v) is 3.72. The number of carbonyl (C=O) groups is 1. The van der Waals surface area contributed by atoms with Crippen LogP contribution in [0.2, 0.25) is 0 Å². The van der Waals surface area contributed by atoms with E-state index in [9.17, 15) is 4.79 Å². The zero-order valence-corrected chi connectivity index (χ0v) is 18.3. The smallest absolute Gasteiger partial charge is 0.246 e. The Hall–Kier alpha value is -2.74. The van der Waals surface area contributed by atoms with Crippen LogP contribution in [0, 0.1) is 13.8 Å². The van der Waals surface area contributed by atoms with Crippen LogP contribution in [0.25, 0.3) is 11.1 Å². The Morgan fingerprint density at radius 1 is 1.17 bits per heavy atom. The second-order valence-electron chi connectivity index (χ2n) is 7.55. The molecule has 0 saturated carbocycles. The minimum atomic E-state index is -1.32. The van der Waals surface area contributed by atoms with Crippen LogP contribution in [-0.4, -0.2) is 34.1 Å². The molecule has 0 bridgehead atoms. The van der Waals surface area contributed by atoms with Gasteiger partial charge in [-0.15, -0.1) is 0 Å². The van der Waals surface area contributed by atoms with E-state index in [1.807, 2.05) is 6.92 Å². The number of nitrogens with zero attached hydrogens (tertiary/aromatic N) is 1. The van der Waals surface area contributed by atoms with E-state index in [0.29, 0.717) is 12.3 Å². The highest BCUT2D eigenvalue weighted by molar-refractivity contribution is 7.06. The molecule has 158 valence electrons. The summed E-state index contributed by atoms with van der Waals surface area (Å²) in [6, 6.07) is 15.6. The topological polar surface area (TPSA) is 97.5 Å². The van der Waals surface area contributed by atoms with Crippen molar-refractivity contribution in [2.45, 2.75) is 32.7 Å². The zero-order valence-electron chi connectivity index (χ0n) is 17.4. The van der Waals surface area contributed by atoms with Crippen molar-refractivity contribution in [3.63, 3.8) is 0 Å². The number of amides is 1. The van der Waals surface area contributed by atoms with E-state index in [1.54, 1.807) is 24.3 Å². The first-order chi connectivity index (χ1) is 14.3. The second-order valence-corrected chi connectivity index (χ2v) is 8.53. The number of hydrogen-bond acceptors (Lipinski definition) is 6. The SMILES string of the molecule is Cc1nsc(C)c1-c1ccc(CCOc2ccc(NC(=O)[C@@](C)(N)CO)cc2)cc1. The van der Waals surface area contributed by atoms with Gasteiger partial charge in [-0.2, -0.15) is 4.37 Å². The van der Waals surface area contributed by atoms with Crippen molar-refractivity contribution >= 4 is 23.1 Å². The number of aryl methyl sites for hydroxylation is 2. The Morgan fingerprint density at radius 2 is 1.83 bits per heavy atom. The van der Waals surface area contributed by atoms with Crippen LogP contribution < -0.4 is 15.8 Å². The molecular formula is C23H27N3O3S. The molecule has 0 fully saturated rings. The van der Waals surface area contributed by atoms with Crippen molar-refractivity contribution in [1.29, 1.82) is 0 Å². The summed E-state index contributed by atoms with van der Waals surface area (Å²) in [5, 5.41) is 11.8. The summed E-state index contributed by atoms with van der Waals surface area (Å²) in [5.74, 6) is 0.281. The number of ether oxygens (including phenoxy) is 1. The van der Waals surface area contributed by atoms with E-state index >= 15 is 0 Å². The lowest BCUT2D eigenvalue weighted by Crippen LogP contribution is -2.51. The molecule has 6 nitrogen and oxygen atoms in total. The number of benzene rings is 2. The van der Waals surface area contributed by atoms with E-state index in [0.717, 1.165) is 17.9 Å². The summed E-state index contributed by atoms with van der Waals surface area (Å²) in [4.78, 5) is 13.2. The second kappa shape index (κ2) is 9.38. The number of nitrogens with two attached hydrogens (primary N) is 1. The predicted octanol–water partition coefficient (Wildman–Crippen LogP) is 3.70. The van der Waals surface area contributed by atoms with Crippen molar-refractivity contribution in [2.75, 3.05) is 18.5 Å². The monoisotopic (exact) mass is 425 g/mol. The van der Waals surface area contributed by atoms with Gasteiger partial charge < -0.3 is 20.9 Å². The van der Waals surface area contributed by atoms with Crippen molar-refractivity contribution in [1.82, 2.24) is 4.37 Å². The van der Waals surface area contributed by atoms with Gasteiger partial charge in [-0.1, -0.05) is 24.3 Å². The Kier molecular flexibility index (Phi) is 6.87. The summed E-state index contributed by atoms with van der Waals surface area (Å²) in [6.07, 6.45) is 0.792. The van der Waals surface area contributed by atoms with Crippen molar-refractivity contribution in [3.8, 4) is 16.9 Å². The number of rotatable bonds is 8. The summed E-state index contributed by atoms with van der Waals surface area (Å²) in [5.41, 5.74) is 9.69. The standard InChI is InChI=1S/C23H27N3O3S/c1-15-21(16(2)30-26-15)18-6-4-17(5-7-18)12-13-29-20-10-8-19(9-11-20)25-22(28)23(3,24)14-27/h4-11,27H,12-14,24H2,1-3H3,(H,25,28)/t23-/m0/s1. The van der Waals surface area contributed by atoms with Gasteiger partial charge in [0.25, 0.3) is 0 Å². The summed E-state index contributed by atoms with van der Waals surface area (Å²) >= 11 is 1.54. The lowest BCUT2D eigenvalue weighted by Gasteiger charge is -2.20. The molecule has 4 N–H and O–H groups in total. The number of nitrogens with one attached hydrogen (secondary N) is 1. The van der Waals surface area contributed by atoms with Gasteiger partial charge in [-0.05, 0) is 67.7 Å². The Morgan fingerprint density at radius 3 is 2.40 bits per heavy atom. The van der Waals surface area contributed by atoms with Gasteiger partial charge >= 0.3 is 0 Å². The first-order valence-electron chi connectivity index (χ1n) is 9.76. The van der Waals surface area contributed by atoms with Crippen LogP contribution in [0.5, 0.6) is 5.75 Å². The van der Waals surface area contributed by atoms with E-state index in [2.05, 4.69) is 40.9 Å². The number of aliphatic hydroxyl groups is 1. The number of aliphatic hydroxyl groups excluding tert-OH is 1. The normalized spacial score (nSPS) is 13.0. The van der Waals surface area contributed by atoms with Gasteiger partial charge in [0.2, 0.25) is 5.91 Å². The number of anilines is 1. The lowest BCUT2D eigenvalue weighted by molar-refractivity contribution is -0.121. The Bertz CT molecular complexity index is 976. The molecule has 1 atom stereocenters. The van der Waals surface area contributed by atoms with Gasteiger partial charge in [-0.25, -0.2) is 0 Å². The fourth-order valence-electron chi connectivity index (χ4n) is 3.00. The average Bonchev–Trinajstić information content (AvgIpc) is 3.08. The molecule has 3 rings (SSSR count). The van der Waals surface area contributed by atoms with E-state index in [1.165, 1.54) is 40.0 Å². The summed E-state index contributed by atoms with van der Waals surface area (Å²) in [6.45, 7) is 5.74. The number of hydrogen-bond donors (Lipinski definition) is 3. The minimum absolute atomic E-state index is 0.426. The molecule has 0 saturated heterocycles. The quantitative estimate of drug-likeness (QED) is 0.511. The van der Waals surface area contributed by atoms with Crippen LogP contribution in [0.3, 0.4) is 0 Å². The lowest BCUT2D eigenvalue weighted by atomic mass is 10.0. The molecule has 1 aromatic heterocycles. The fraction of sp³-hybridized carbons (Fsp3) is 0.304. The largest absolute Gasteiger partial charge is 0.493 e. The summed E-state index contributed by atoms with van der Waals surface area (Å²) in [7, 11) is 0. The van der Waals surface area contributed by atoms with Gasteiger partial charge in [0.15, 0.2) is 0 Å². The van der Waals surface area contributed by atoms with Gasteiger partial charge in [0, 0.05) is 22.5 Å². The number of carbonyl (C=O) groups excluding carboxylic acids is 1. The predicted molar refractivity (Wildman–Crippen MR) is 121 cm³/mol. The molecule has 30 heavy (non-hydrogen) atoms. The van der Waals surface area contributed by atoms with Crippen molar-refractivity contribution in [2.24, 2.45) is 5.73 Å². The van der Waals surface area contributed by atoms with E-state index in [-0.39, 0.29) is 0 Å². The third kappa shape index (κ3) is 5.24. The zero-order chi connectivity index (χ0) is 21.7. The highest BCUT2D eigenvalue weighted by Gasteiger charge is 2.27.